The molecule has 2 aromatic rings. The van der Waals surface area contributed by atoms with Gasteiger partial charge in [0.25, 0.3) is 0 Å². The highest BCUT2D eigenvalue weighted by Gasteiger charge is 2.64. The smallest absolute Gasteiger partial charge is 0.344 e. The third kappa shape index (κ3) is 6.08. The van der Waals surface area contributed by atoms with Crippen molar-refractivity contribution in [1.29, 1.82) is 0 Å². The summed E-state index contributed by atoms with van der Waals surface area (Å²) in [5.41, 5.74) is -0.407. The normalized spacial score (nSPS) is 30.1. The van der Waals surface area contributed by atoms with Gasteiger partial charge in [-0.1, -0.05) is 38.0 Å². The van der Waals surface area contributed by atoms with Gasteiger partial charge in [0, 0.05) is 28.7 Å². The minimum Gasteiger partial charge on any atom is -0.465 e. The molecule has 2 saturated heterocycles. The summed E-state index contributed by atoms with van der Waals surface area (Å²) in [5.74, 6) is -6.14. The van der Waals surface area contributed by atoms with Crippen molar-refractivity contribution in [2.45, 2.75) is 108 Å². The Morgan fingerprint density at radius 2 is 1.76 bits per heavy atom. The third-order valence-electron chi connectivity index (χ3n) is 10.3. The van der Waals surface area contributed by atoms with Crippen LogP contribution in [0.15, 0.2) is 24.3 Å². The van der Waals surface area contributed by atoms with E-state index in [1.165, 1.54) is 38.8 Å². The molecule has 1 aromatic carbocycles. The van der Waals surface area contributed by atoms with Crippen molar-refractivity contribution in [1.82, 2.24) is 15.2 Å². The molecule has 3 heterocycles. The molecule has 0 radical (unpaired) electrons. The van der Waals surface area contributed by atoms with Crippen LogP contribution in [0.2, 0.25) is 0 Å². The zero-order chi connectivity index (χ0) is 32.6. The van der Waals surface area contributed by atoms with Gasteiger partial charge in [-0.2, -0.15) is 0 Å². The van der Waals surface area contributed by atoms with E-state index in [0.717, 1.165) is 42.1 Å². The maximum Gasteiger partial charge on any atom is 0.344 e. The summed E-state index contributed by atoms with van der Waals surface area (Å²) in [6.07, 6.45) is 6.78. The predicted octanol–water partition coefficient (Wildman–Crippen LogP) is 3.87. The van der Waals surface area contributed by atoms with Crippen LogP contribution in [0.5, 0.6) is 0 Å². The SMILES string of the molecule is CCCCC1(N(C)C)CCC(c2[nH]c3ccccc3c2CCNC(=O)C23OC(=O)CC(O)(CC(=O)OCC2(C)C)C(=O)O3)CC1. The number of nitrogens with one attached hydrogen (secondary N) is 2. The minimum atomic E-state index is -2.49. The van der Waals surface area contributed by atoms with E-state index in [1.54, 1.807) is 0 Å². The second-order valence-corrected chi connectivity index (χ2v) is 14.0. The standard InChI is InChI=1S/C34H47N3O8/c1-6-7-15-32(37(4)5)16-12-22(13-17-32)28-24(23-10-8-9-11-25(23)36-28)14-18-35-29(40)34-31(2,3)21-43-26(38)19-33(42,30(41)45-34)20-27(39)44-34/h8-11,22,36,42H,6-7,12-21H2,1-5H3,(H,35,40). The van der Waals surface area contributed by atoms with Crippen LogP contribution in [0.3, 0.4) is 0 Å². The molecule has 2 bridgehead atoms. The number of carbonyl (C=O) groups is 4. The number of nitrogens with zero attached hydrogens (tertiary/aromatic N) is 1. The number of hydrogen-bond donors (Lipinski definition) is 3. The number of hydrogen-bond acceptors (Lipinski definition) is 9. The van der Waals surface area contributed by atoms with Gasteiger partial charge in [-0.15, -0.1) is 0 Å². The molecule has 246 valence electrons. The van der Waals surface area contributed by atoms with Crippen LogP contribution in [0, 0.1) is 5.41 Å². The Bertz CT molecular complexity index is 1460. The Balaban J connectivity index is 1.38. The minimum absolute atomic E-state index is 0.162. The fraction of sp³-hybridized carbons (Fsp3) is 0.647. The molecule has 1 amide bonds. The lowest BCUT2D eigenvalue weighted by molar-refractivity contribution is -0.259. The molecule has 1 saturated carbocycles. The number of benzene rings is 1. The van der Waals surface area contributed by atoms with Crippen LogP contribution in [0.4, 0.5) is 0 Å². The van der Waals surface area contributed by atoms with E-state index in [1.807, 2.05) is 12.1 Å². The molecule has 3 N–H and O–H groups in total. The lowest BCUT2D eigenvalue weighted by Crippen LogP contribution is -2.62. The second-order valence-electron chi connectivity index (χ2n) is 14.0. The summed E-state index contributed by atoms with van der Waals surface area (Å²) < 4.78 is 16.4. The number of fused-ring (bicyclic) bond motifs is 4. The number of ether oxygens (including phenoxy) is 3. The first-order valence-corrected chi connectivity index (χ1v) is 16.1. The fourth-order valence-corrected chi connectivity index (χ4v) is 7.34. The Kier molecular flexibility index (Phi) is 9.07. The van der Waals surface area contributed by atoms with Crippen LogP contribution < -0.4 is 5.32 Å². The molecular formula is C34H47N3O8. The van der Waals surface area contributed by atoms with Gasteiger partial charge in [0.15, 0.2) is 5.60 Å². The number of amides is 1. The van der Waals surface area contributed by atoms with E-state index in [4.69, 9.17) is 14.2 Å². The first-order chi connectivity index (χ1) is 21.3. The quantitative estimate of drug-likeness (QED) is 0.354. The monoisotopic (exact) mass is 625 g/mol. The predicted molar refractivity (Wildman–Crippen MR) is 166 cm³/mol. The average Bonchev–Trinajstić information content (AvgIpc) is 3.32. The molecule has 0 spiro atoms. The number of rotatable bonds is 9. The maximum atomic E-state index is 13.9. The van der Waals surface area contributed by atoms with Gasteiger partial charge in [-0.05, 0) is 84.0 Å². The first-order valence-electron chi connectivity index (χ1n) is 16.1. The largest absolute Gasteiger partial charge is 0.465 e. The Hall–Kier alpha value is -3.44. The zero-order valence-corrected chi connectivity index (χ0v) is 27.1. The number of cyclic esters (lactones) is 1. The molecule has 2 aliphatic heterocycles. The lowest BCUT2D eigenvalue weighted by atomic mass is 9.72. The summed E-state index contributed by atoms with van der Waals surface area (Å²) in [5, 5.41) is 14.8. The topological polar surface area (TPSA) is 147 Å². The van der Waals surface area contributed by atoms with Gasteiger partial charge in [-0.3, -0.25) is 14.4 Å². The van der Waals surface area contributed by atoms with Crippen molar-refractivity contribution >= 4 is 34.7 Å². The Morgan fingerprint density at radius 3 is 2.44 bits per heavy atom. The van der Waals surface area contributed by atoms with Gasteiger partial charge in [-0.25, -0.2) is 4.79 Å². The van der Waals surface area contributed by atoms with E-state index < -0.39 is 53.5 Å². The first kappa shape index (κ1) is 32.9. The molecular weight excluding hydrogens is 578 g/mol. The van der Waals surface area contributed by atoms with Crippen molar-refractivity contribution in [3.05, 3.63) is 35.5 Å². The highest BCUT2D eigenvalue weighted by Crippen LogP contribution is 2.45. The van der Waals surface area contributed by atoms with Crippen LogP contribution in [-0.4, -0.2) is 83.0 Å². The zero-order valence-electron chi connectivity index (χ0n) is 27.1. The van der Waals surface area contributed by atoms with Crippen molar-refractivity contribution < 1.29 is 38.5 Å². The second kappa shape index (κ2) is 12.4. The van der Waals surface area contributed by atoms with Crippen LogP contribution in [0.1, 0.15) is 95.7 Å². The molecule has 2 unspecified atom stereocenters. The van der Waals surface area contributed by atoms with Gasteiger partial charge in [0.2, 0.25) is 0 Å². The van der Waals surface area contributed by atoms with Crippen molar-refractivity contribution in [3.8, 4) is 0 Å². The molecule has 45 heavy (non-hydrogen) atoms. The molecule has 11 nitrogen and oxygen atoms in total. The number of carbonyl (C=O) groups excluding carboxylic acids is 4. The number of para-hydroxylation sites is 1. The number of aliphatic hydroxyl groups is 1. The highest BCUT2D eigenvalue weighted by atomic mass is 16.8. The molecule has 3 aliphatic rings. The van der Waals surface area contributed by atoms with E-state index in [2.05, 4.69) is 48.4 Å². The van der Waals surface area contributed by atoms with Gasteiger partial charge < -0.3 is 34.5 Å². The number of H-pyrrole nitrogens is 1. The summed E-state index contributed by atoms with van der Waals surface area (Å²) >= 11 is 0. The lowest BCUT2D eigenvalue weighted by Gasteiger charge is -2.45. The summed E-state index contributed by atoms with van der Waals surface area (Å²) in [6, 6.07) is 8.13. The molecule has 5 rings (SSSR count). The molecule has 1 aromatic heterocycles. The van der Waals surface area contributed by atoms with E-state index >= 15 is 0 Å². The van der Waals surface area contributed by atoms with Gasteiger partial charge in [0.05, 0.1) is 18.3 Å². The van der Waals surface area contributed by atoms with Crippen LogP contribution in [-0.2, 0) is 39.8 Å². The van der Waals surface area contributed by atoms with E-state index in [9.17, 15) is 24.3 Å². The highest BCUT2D eigenvalue weighted by molar-refractivity contribution is 5.97. The number of aromatic nitrogens is 1. The average molecular weight is 626 g/mol. The Labute approximate surface area is 264 Å². The van der Waals surface area contributed by atoms with Crippen molar-refractivity contribution in [2.75, 3.05) is 27.2 Å². The van der Waals surface area contributed by atoms with Crippen LogP contribution in [0.25, 0.3) is 10.9 Å². The van der Waals surface area contributed by atoms with E-state index in [0.29, 0.717) is 12.3 Å². The van der Waals surface area contributed by atoms with Crippen LogP contribution >= 0.6 is 0 Å². The van der Waals surface area contributed by atoms with Gasteiger partial charge in [0.1, 0.15) is 6.61 Å². The maximum absolute atomic E-state index is 13.9. The Morgan fingerprint density at radius 1 is 1.07 bits per heavy atom. The number of aromatic amines is 1. The summed E-state index contributed by atoms with van der Waals surface area (Å²) in [7, 11) is 4.39. The summed E-state index contributed by atoms with van der Waals surface area (Å²) in [4.78, 5) is 58.3. The molecule has 1 aliphatic carbocycles. The van der Waals surface area contributed by atoms with Crippen molar-refractivity contribution in [2.24, 2.45) is 5.41 Å². The van der Waals surface area contributed by atoms with E-state index in [-0.39, 0.29) is 18.7 Å². The molecule has 11 heteroatoms. The number of esters is 3. The van der Waals surface area contributed by atoms with Gasteiger partial charge >= 0.3 is 29.6 Å². The summed E-state index contributed by atoms with van der Waals surface area (Å²) in [6.45, 7) is 5.03. The molecule has 3 fully saturated rings. The molecule has 2 atom stereocenters. The fourth-order valence-electron chi connectivity index (χ4n) is 7.34. The third-order valence-corrected chi connectivity index (χ3v) is 10.3. The number of unbranched alkanes of at least 4 members (excludes halogenated alkanes) is 1. The van der Waals surface area contributed by atoms with Crippen molar-refractivity contribution in [3.63, 3.8) is 0 Å².